The second-order valence-corrected chi connectivity index (χ2v) is 9.07. The number of halogens is 1. The minimum absolute atomic E-state index is 0.0240. The van der Waals surface area contributed by atoms with E-state index >= 15 is 0 Å². The zero-order valence-electron chi connectivity index (χ0n) is 17.0. The van der Waals surface area contributed by atoms with Crippen LogP contribution in [0.4, 0.5) is 5.69 Å². The lowest BCUT2D eigenvalue weighted by Crippen LogP contribution is -2.30. The van der Waals surface area contributed by atoms with Crippen LogP contribution in [0.5, 0.6) is 11.5 Å². The fraction of sp³-hybridized carbons (Fsp3) is 0.350. The molecule has 0 aliphatic rings. The van der Waals surface area contributed by atoms with E-state index in [-0.39, 0.29) is 10.6 Å². The van der Waals surface area contributed by atoms with Gasteiger partial charge in [0.1, 0.15) is 16.4 Å². The van der Waals surface area contributed by atoms with Gasteiger partial charge >= 0.3 is 0 Å². The maximum absolute atomic E-state index is 12.6. The number of rotatable bonds is 8. The summed E-state index contributed by atoms with van der Waals surface area (Å²) in [5.41, 5.74) is 1.16. The minimum atomic E-state index is -3.75. The molecule has 2 aromatic rings. The van der Waals surface area contributed by atoms with Crippen LogP contribution in [0.2, 0.25) is 5.02 Å². The number of sulfonamides is 1. The van der Waals surface area contributed by atoms with Crippen LogP contribution >= 0.6 is 11.6 Å². The second kappa shape index (κ2) is 9.47. The molecule has 0 radical (unpaired) electrons. The molecule has 0 saturated carbocycles. The highest BCUT2D eigenvalue weighted by Crippen LogP contribution is 2.29. The van der Waals surface area contributed by atoms with Gasteiger partial charge in [0, 0.05) is 24.8 Å². The van der Waals surface area contributed by atoms with Gasteiger partial charge in [-0.15, -0.1) is 0 Å². The maximum atomic E-state index is 12.6. The quantitative estimate of drug-likeness (QED) is 0.676. The molecule has 2 aromatic carbocycles. The first-order valence-electron chi connectivity index (χ1n) is 8.99. The van der Waals surface area contributed by atoms with Crippen LogP contribution in [0, 0.1) is 6.92 Å². The van der Waals surface area contributed by atoms with Crippen LogP contribution < -0.4 is 14.8 Å². The molecule has 9 heteroatoms. The molecule has 1 N–H and O–H groups in total. The lowest BCUT2D eigenvalue weighted by atomic mass is 10.2. The molecule has 29 heavy (non-hydrogen) atoms. The van der Waals surface area contributed by atoms with Gasteiger partial charge in [0.05, 0.1) is 6.61 Å². The van der Waals surface area contributed by atoms with E-state index in [1.807, 2.05) is 6.92 Å². The topological polar surface area (TPSA) is 84.9 Å². The standard InChI is InChI=1S/C20H25ClN2O5S/c1-6-27-18-10-7-15(12-19(18)29(25,26)23(4)5)22-20(24)14(3)28-16-8-9-17(21)13(2)11-16/h7-12,14H,6H2,1-5H3,(H,22,24). The van der Waals surface area contributed by atoms with Gasteiger partial charge < -0.3 is 14.8 Å². The fourth-order valence-corrected chi connectivity index (χ4v) is 3.62. The summed E-state index contributed by atoms with van der Waals surface area (Å²) in [5, 5.41) is 3.29. The molecular weight excluding hydrogens is 416 g/mol. The first-order chi connectivity index (χ1) is 13.6. The van der Waals surface area contributed by atoms with Crippen molar-refractivity contribution in [1.29, 1.82) is 0 Å². The van der Waals surface area contributed by atoms with E-state index in [2.05, 4.69) is 5.32 Å². The largest absolute Gasteiger partial charge is 0.492 e. The first-order valence-corrected chi connectivity index (χ1v) is 10.8. The summed E-state index contributed by atoms with van der Waals surface area (Å²) < 4.78 is 37.4. The van der Waals surface area contributed by atoms with Crippen molar-refractivity contribution in [2.24, 2.45) is 0 Å². The number of anilines is 1. The van der Waals surface area contributed by atoms with E-state index in [9.17, 15) is 13.2 Å². The van der Waals surface area contributed by atoms with Gasteiger partial charge in [-0.25, -0.2) is 12.7 Å². The van der Waals surface area contributed by atoms with Gasteiger partial charge in [0.2, 0.25) is 10.0 Å². The molecule has 1 atom stereocenters. The van der Waals surface area contributed by atoms with Crippen molar-refractivity contribution in [2.75, 3.05) is 26.0 Å². The van der Waals surface area contributed by atoms with E-state index < -0.39 is 22.0 Å². The molecule has 0 bridgehead atoms. The van der Waals surface area contributed by atoms with Crippen molar-refractivity contribution in [1.82, 2.24) is 4.31 Å². The summed E-state index contributed by atoms with van der Waals surface area (Å²) in [6.45, 7) is 5.52. The number of benzene rings is 2. The Morgan fingerprint density at radius 1 is 1.21 bits per heavy atom. The summed E-state index contributed by atoms with van der Waals surface area (Å²) in [4.78, 5) is 12.5. The van der Waals surface area contributed by atoms with Gasteiger partial charge in [-0.2, -0.15) is 0 Å². The van der Waals surface area contributed by atoms with Crippen molar-refractivity contribution in [3.63, 3.8) is 0 Å². The molecule has 158 valence electrons. The second-order valence-electron chi connectivity index (χ2n) is 6.54. The van der Waals surface area contributed by atoms with Gasteiger partial charge in [0.25, 0.3) is 5.91 Å². The van der Waals surface area contributed by atoms with Crippen molar-refractivity contribution in [3.05, 3.63) is 47.0 Å². The molecule has 7 nitrogen and oxygen atoms in total. The van der Waals surface area contributed by atoms with Crippen molar-refractivity contribution < 1.29 is 22.7 Å². The monoisotopic (exact) mass is 440 g/mol. The highest BCUT2D eigenvalue weighted by atomic mass is 35.5. The SMILES string of the molecule is CCOc1ccc(NC(=O)C(C)Oc2ccc(Cl)c(C)c2)cc1S(=O)(=O)N(C)C. The summed E-state index contributed by atoms with van der Waals surface area (Å²) in [6, 6.07) is 9.59. The van der Waals surface area contributed by atoms with Crippen LogP contribution in [-0.4, -0.2) is 45.4 Å². The Labute approximate surface area is 176 Å². The van der Waals surface area contributed by atoms with Crippen LogP contribution in [0.1, 0.15) is 19.4 Å². The lowest BCUT2D eigenvalue weighted by molar-refractivity contribution is -0.122. The van der Waals surface area contributed by atoms with Crippen molar-refractivity contribution in [3.8, 4) is 11.5 Å². The third-order valence-corrected chi connectivity index (χ3v) is 6.34. The molecule has 0 saturated heterocycles. The maximum Gasteiger partial charge on any atom is 0.265 e. The van der Waals surface area contributed by atoms with E-state index in [1.54, 1.807) is 38.1 Å². The third-order valence-electron chi connectivity index (χ3n) is 4.08. The normalized spacial score (nSPS) is 12.5. The molecular formula is C20H25ClN2O5S. The fourth-order valence-electron chi connectivity index (χ4n) is 2.45. The number of amides is 1. The summed E-state index contributed by atoms with van der Waals surface area (Å²) in [5.74, 6) is 0.312. The zero-order valence-corrected chi connectivity index (χ0v) is 18.6. The Balaban J connectivity index is 2.21. The number of hydrogen-bond acceptors (Lipinski definition) is 5. The Morgan fingerprint density at radius 2 is 1.90 bits per heavy atom. The predicted molar refractivity (Wildman–Crippen MR) is 113 cm³/mol. The van der Waals surface area contributed by atoms with Crippen LogP contribution in [0.3, 0.4) is 0 Å². The highest BCUT2D eigenvalue weighted by Gasteiger charge is 2.24. The van der Waals surface area contributed by atoms with Gasteiger partial charge in [0.15, 0.2) is 6.10 Å². The number of hydrogen-bond donors (Lipinski definition) is 1. The average Bonchev–Trinajstić information content (AvgIpc) is 2.65. The van der Waals surface area contributed by atoms with Crippen LogP contribution in [0.25, 0.3) is 0 Å². The Kier molecular flexibility index (Phi) is 7.51. The molecule has 1 unspecified atom stereocenters. The van der Waals surface area contributed by atoms with E-state index in [0.29, 0.717) is 23.1 Å². The number of carbonyl (C=O) groups is 1. The molecule has 0 spiro atoms. The number of carbonyl (C=O) groups excluding carboxylic acids is 1. The molecule has 0 fully saturated rings. The Bertz CT molecular complexity index is 992. The molecule has 0 aliphatic carbocycles. The molecule has 0 heterocycles. The number of nitrogens with zero attached hydrogens (tertiary/aromatic N) is 1. The lowest BCUT2D eigenvalue weighted by Gasteiger charge is -2.18. The van der Waals surface area contributed by atoms with Crippen LogP contribution in [-0.2, 0) is 14.8 Å². The molecule has 2 rings (SSSR count). The van der Waals surface area contributed by atoms with E-state index in [4.69, 9.17) is 21.1 Å². The zero-order chi connectivity index (χ0) is 21.8. The number of aryl methyl sites for hydroxylation is 1. The first kappa shape index (κ1) is 23.0. The van der Waals surface area contributed by atoms with Gasteiger partial charge in [-0.3, -0.25) is 4.79 Å². The third kappa shape index (κ3) is 5.62. The Morgan fingerprint density at radius 3 is 2.48 bits per heavy atom. The average molecular weight is 441 g/mol. The minimum Gasteiger partial charge on any atom is -0.492 e. The summed E-state index contributed by atoms with van der Waals surface area (Å²) >= 11 is 6.00. The number of ether oxygens (including phenoxy) is 2. The van der Waals surface area contributed by atoms with Crippen LogP contribution in [0.15, 0.2) is 41.3 Å². The molecule has 0 aliphatic heterocycles. The van der Waals surface area contributed by atoms with Gasteiger partial charge in [-0.1, -0.05) is 11.6 Å². The smallest absolute Gasteiger partial charge is 0.265 e. The number of nitrogens with one attached hydrogen (secondary N) is 1. The van der Waals surface area contributed by atoms with Crippen molar-refractivity contribution >= 4 is 33.2 Å². The summed E-state index contributed by atoms with van der Waals surface area (Å²) in [7, 11) is -0.891. The molecule has 0 aromatic heterocycles. The highest BCUT2D eigenvalue weighted by molar-refractivity contribution is 7.89. The Hall–Kier alpha value is -2.29. The van der Waals surface area contributed by atoms with E-state index in [1.165, 1.54) is 26.2 Å². The van der Waals surface area contributed by atoms with Gasteiger partial charge in [-0.05, 0) is 62.7 Å². The molecule has 1 amide bonds. The van der Waals surface area contributed by atoms with E-state index in [0.717, 1.165) is 9.87 Å². The summed E-state index contributed by atoms with van der Waals surface area (Å²) in [6.07, 6.45) is -0.809. The van der Waals surface area contributed by atoms with Crippen molar-refractivity contribution in [2.45, 2.75) is 31.8 Å². The predicted octanol–water partition coefficient (Wildman–Crippen LogP) is 3.70.